The van der Waals surface area contributed by atoms with Crippen molar-refractivity contribution in [3.05, 3.63) is 288 Å². The van der Waals surface area contributed by atoms with Crippen LogP contribution in [0.1, 0.15) is 39.1 Å². The third kappa shape index (κ3) is 7.60. The first-order valence-electron chi connectivity index (χ1n) is 32.1. The van der Waals surface area contributed by atoms with E-state index in [1.807, 2.05) is 13.0 Å². The normalized spacial score (nSPS) is 12.5. The summed E-state index contributed by atoms with van der Waals surface area (Å²) >= 11 is 0. The van der Waals surface area contributed by atoms with Crippen molar-refractivity contribution in [1.82, 2.24) is 9.97 Å². The number of hydrogen-bond acceptors (Lipinski definition) is 3. The average Bonchev–Trinajstić information content (AvgIpc) is 1.56. The van der Waals surface area contributed by atoms with Crippen molar-refractivity contribution in [2.75, 3.05) is 0 Å². The van der Waals surface area contributed by atoms with Gasteiger partial charge in [-0.15, -0.1) is 0 Å². The fourth-order valence-electron chi connectivity index (χ4n) is 16.4. The van der Waals surface area contributed by atoms with Crippen LogP contribution >= 0.6 is 0 Å². The highest BCUT2D eigenvalue weighted by Gasteiger charge is 2.35. The van der Waals surface area contributed by atoms with Crippen LogP contribution in [0, 0.1) is 20.8 Å². The minimum Gasteiger partial charge on any atom is -0.437 e. The lowest BCUT2D eigenvalue weighted by Gasteiger charge is -2.12. The van der Waals surface area contributed by atoms with Crippen LogP contribution in [0.25, 0.3) is 177 Å². The van der Waals surface area contributed by atoms with Gasteiger partial charge in [-0.2, -0.15) is 0 Å². The predicted molar refractivity (Wildman–Crippen MR) is 377 cm³/mol. The molecule has 5 aromatic heterocycles. The summed E-state index contributed by atoms with van der Waals surface area (Å²) in [5.41, 5.74) is 39.1. The fourth-order valence-corrected chi connectivity index (χ4v) is 16.4. The zero-order valence-corrected chi connectivity index (χ0v) is 51.8. The molecule has 0 saturated carbocycles. The molecule has 0 spiro atoms. The number of pyridine rings is 4. The molecule has 5 heterocycles. The molecule has 5 aliphatic rings. The van der Waals surface area contributed by atoms with Crippen LogP contribution < -0.4 is 9.13 Å². The average molecular weight is 1180 g/mol. The van der Waals surface area contributed by atoms with E-state index in [2.05, 4.69) is 285 Å². The zero-order chi connectivity index (χ0) is 61.2. The van der Waals surface area contributed by atoms with Crippen LogP contribution in [-0.2, 0) is 26.9 Å². The molecule has 0 radical (unpaired) electrons. The molecule has 16 aromatic rings. The SMILES string of the molecule is Cc1ccc2c(c1-c1cc3c(c[n+]1C)-c1cccc4cccc-3c14)Cc1ccccc1-2.Cc1ccc2c(n1)oc1c(-c3c4c(cc[n+]3C)-c3cccc5cccc-4c35)c(C)ccc12.c1ccc2c(c1)Cc1c(-c3ccc4c(n3)-c3cccc5cccc-4c35)cccc1-2. The van der Waals surface area contributed by atoms with Gasteiger partial charge in [-0.05, 0) is 174 Å². The summed E-state index contributed by atoms with van der Waals surface area (Å²) in [6.45, 7) is 6.42. The Balaban J connectivity index is 0.0000000987. The van der Waals surface area contributed by atoms with Crippen LogP contribution in [0.5, 0.6) is 0 Å². The molecule has 0 aliphatic heterocycles. The lowest BCUT2D eigenvalue weighted by atomic mass is 9.92. The first kappa shape index (κ1) is 52.5. The van der Waals surface area contributed by atoms with E-state index in [1.165, 1.54) is 172 Å². The third-order valence-electron chi connectivity index (χ3n) is 20.6. The Hall–Kier alpha value is -11.4. The molecule has 5 nitrogen and oxygen atoms in total. The molecular weight excluding hydrogens is 1120 g/mol. The van der Waals surface area contributed by atoms with Crippen molar-refractivity contribution in [2.45, 2.75) is 33.6 Å². The molecular formula is C87H60N4O+2. The van der Waals surface area contributed by atoms with Crippen molar-refractivity contribution >= 4 is 54.4 Å². The van der Waals surface area contributed by atoms with Crippen LogP contribution in [0.2, 0.25) is 0 Å². The predicted octanol–water partition coefficient (Wildman–Crippen LogP) is 20.9. The number of furan rings is 1. The molecule has 11 aromatic carbocycles. The largest absolute Gasteiger partial charge is 0.437 e. The fraction of sp³-hybridized carbons (Fsp3) is 0.0805. The highest BCUT2D eigenvalue weighted by atomic mass is 16.3. The van der Waals surface area contributed by atoms with Gasteiger partial charge in [0.1, 0.15) is 14.1 Å². The standard InChI is InChI=1S/C30H22N.C29H21N2O.C28H17N/c1-18-13-14-22-21-10-4-3-7-20(21)15-26(22)29(18)28-16-25-23-11-5-8-19-9-6-12-24(30(19)23)27(25)17-31(28)2;1-16-10-12-21-22-13-11-17(2)30-29(22)32-28(21)24(16)27-26-20(14-15-31(27)3)19-8-4-6-18-7-5-9-23(26)25(18)19;1-2-9-19-18(6-1)16-25-20(19)10-5-11-21(25)26-15-14-23-22-12-3-7-17-8-4-13-24(27(17)22)28(23)29-26/h3-14,16-17H,15H2,1-2H3;4-15H,1-3H3;1-15H,16H2/q2*+1;. The number of rotatable bonds is 3. The number of aryl methyl sites for hydroxylation is 5. The highest BCUT2D eigenvalue weighted by Crippen LogP contribution is 2.54. The van der Waals surface area contributed by atoms with Gasteiger partial charge in [0.2, 0.25) is 17.1 Å². The summed E-state index contributed by atoms with van der Waals surface area (Å²) in [5, 5.41) is 10.1. The summed E-state index contributed by atoms with van der Waals surface area (Å²) in [4.78, 5) is 9.87. The van der Waals surface area contributed by atoms with Gasteiger partial charge in [0.15, 0.2) is 18.0 Å². The molecule has 432 valence electrons. The van der Waals surface area contributed by atoms with E-state index in [0.29, 0.717) is 5.71 Å². The van der Waals surface area contributed by atoms with Crippen LogP contribution in [0.3, 0.4) is 0 Å². The van der Waals surface area contributed by atoms with Gasteiger partial charge in [0.05, 0.1) is 33.6 Å². The third-order valence-corrected chi connectivity index (χ3v) is 20.6. The molecule has 92 heavy (non-hydrogen) atoms. The maximum absolute atomic E-state index is 6.44. The Morgan fingerprint density at radius 1 is 0.359 bits per heavy atom. The summed E-state index contributed by atoms with van der Waals surface area (Å²) in [7, 11) is 4.32. The highest BCUT2D eigenvalue weighted by molar-refractivity contribution is 6.20. The number of aromatic nitrogens is 4. The molecule has 0 atom stereocenters. The van der Waals surface area contributed by atoms with Crippen molar-refractivity contribution in [2.24, 2.45) is 14.1 Å². The van der Waals surface area contributed by atoms with Crippen LogP contribution in [0.15, 0.2) is 253 Å². The minimum absolute atomic E-state index is 0.701. The smallest absolute Gasteiger partial charge is 0.227 e. The number of nitrogens with zero attached hydrogens (tertiary/aromatic N) is 4. The molecule has 5 heteroatoms. The number of benzene rings is 11. The molecule has 0 unspecified atom stereocenters. The van der Waals surface area contributed by atoms with E-state index in [0.717, 1.165) is 51.8 Å². The van der Waals surface area contributed by atoms with Gasteiger partial charge in [-0.1, -0.05) is 200 Å². The molecule has 0 saturated heterocycles. The Morgan fingerprint density at radius 3 is 1.60 bits per heavy atom. The molecule has 5 aliphatic carbocycles. The number of fused-ring (bicyclic) bond motifs is 18. The summed E-state index contributed by atoms with van der Waals surface area (Å²) in [5.74, 6) is 0. The van der Waals surface area contributed by atoms with Gasteiger partial charge in [-0.3, -0.25) is 0 Å². The van der Waals surface area contributed by atoms with Gasteiger partial charge in [0.25, 0.3) is 0 Å². The van der Waals surface area contributed by atoms with Gasteiger partial charge in [-0.25, -0.2) is 19.1 Å². The maximum atomic E-state index is 6.44. The molecule has 21 rings (SSSR count). The Kier molecular flexibility index (Phi) is 11.3. The van der Waals surface area contributed by atoms with E-state index >= 15 is 0 Å². The van der Waals surface area contributed by atoms with E-state index in [1.54, 1.807) is 0 Å². The van der Waals surface area contributed by atoms with E-state index < -0.39 is 0 Å². The maximum Gasteiger partial charge on any atom is 0.227 e. The second-order valence-electron chi connectivity index (χ2n) is 25.7. The van der Waals surface area contributed by atoms with E-state index in [9.17, 15) is 0 Å². The van der Waals surface area contributed by atoms with E-state index in [4.69, 9.17) is 9.40 Å². The molecule has 0 N–H and O–H groups in total. The molecule has 0 bridgehead atoms. The Labute approximate surface area is 533 Å². The zero-order valence-electron chi connectivity index (χ0n) is 51.8. The lowest BCUT2D eigenvalue weighted by Crippen LogP contribution is -2.31. The second kappa shape index (κ2) is 19.8. The molecule has 0 fully saturated rings. The van der Waals surface area contributed by atoms with Gasteiger partial charge >= 0.3 is 0 Å². The topological polar surface area (TPSA) is 46.7 Å². The Morgan fingerprint density at radius 2 is 0.880 bits per heavy atom. The second-order valence-corrected chi connectivity index (χ2v) is 25.7. The summed E-state index contributed by atoms with van der Waals surface area (Å²) < 4.78 is 11.0. The first-order chi connectivity index (χ1) is 45.2. The van der Waals surface area contributed by atoms with Crippen molar-refractivity contribution in [3.63, 3.8) is 0 Å². The van der Waals surface area contributed by atoms with Gasteiger partial charge in [0, 0.05) is 56.4 Å². The lowest BCUT2D eigenvalue weighted by molar-refractivity contribution is -0.660. The monoisotopic (exact) mass is 1180 g/mol. The number of hydrogen-bond donors (Lipinski definition) is 0. The first-order valence-corrected chi connectivity index (χ1v) is 32.1. The van der Waals surface area contributed by atoms with Crippen LogP contribution in [-0.4, -0.2) is 9.97 Å². The van der Waals surface area contributed by atoms with Gasteiger partial charge < -0.3 is 4.42 Å². The Bertz CT molecular complexity index is 5950. The van der Waals surface area contributed by atoms with Crippen LogP contribution in [0.4, 0.5) is 0 Å². The minimum atomic E-state index is 0.701. The van der Waals surface area contributed by atoms with E-state index in [-0.39, 0.29) is 0 Å². The summed E-state index contributed by atoms with van der Waals surface area (Å²) in [6, 6.07) is 86.1. The molecule has 0 amide bonds. The summed E-state index contributed by atoms with van der Waals surface area (Å²) in [6.07, 6.45) is 6.49. The quantitative estimate of drug-likeness (QED) is 0.166. The van der Waals surface area contributed by atoms with Crippen molar-refractivity contribution in [1.29, 1.82) is 0 Å². The van der Waals surface area contributed by atoms with Crippen molar-refractivity contribution < 1.29 is 13.6 Å². The van der Waals surface area contributed by atoms with Crippen molar-refractivity contribution in [3.8, 4) is 123 Å².